The molecule has 2 aromatic carbocycles. The van der Waals surface area contributed by atoms with Crippen molar-refractivity contribution in [1.82, 2.24) is 15.0 Å². The number of likely N-dealkylation sites (tertiary alicyclic amines) is 1. The normalized spacial score (nSPS) is 16.1. The Morgan fingerprint density at radius 2 is 1.93 bits per heavy atom. The number of aromatic nitrogens is 2. The summed E-state index contributed by atoms with van der Waals surface area (Å²) >= 11 is 0. The van der Waals surface area contributed by atoms with Gasteiger partial charge >= 0.3 is 6.03 Å². The van der Waals surface area contributed by atoms with Crippen LogP contribution in [0.25, 0.3) is 11.4 Å². The van der Waals surface area contributed by atoms with Gasteiger partial charge in [0.05, 0.1) is 4.92 Å². The molecule has 0 saturated carbocycles. The van der Waals surface area contributed by atoms with Gasteiger partial charge in [0.15, 0.2) is 0 Å². The minimum absolute atomic E-state index is 0.0312. The number of carbonyl (C=O) groups is 1. The van der Waals surface area contributed by atoms with Gasteiger partial charge < -0.3 is 14.7 Å². The Morgan fingerprint density at radius 1 is 1.18 bits per heavy atom. The van der Waals surface area contributed by atoms with E-state index in [4.69, 9.17) is 4.52 Å². The number of nitrogens with one attached hydrogen (secondary N) is 1. The van der Waals surface area contributed by atoms with Gasteiger partial charge in [0.2, 0.25) is 11.7 Å². The van der Waals surface area contributed by atoms with Crippen LogP contribution in [0.4, 0.5) is 16.2 Å². The van der Waals surface area contributed by atoms with Crippen LogP contribution in [0.15, 0.2) is 59.1 Å². The van der Waals surface area contributed by atoms with Crippen LogP contribution >= 0.6 is 0 Å². The molecule has 1 aliphatic heterocycles. The summed E-state index contributed by atoms with van der Waals surface area (Å²) in [6.07, 6.45) is 1.55. The van der Waals surface area contributed by atoms with Crippen molar-refractivity contribution in [2.24, 2.45) is 0 Å². The average molecular weight is 379 g/mol. The Morgan fingerprint density at radius 3 is 2.64 bits per heavy atom. The second-order valence-corrected chi connectivity index (χ2v) is 6.41. The van der Waals surface area contributed by atoms with Crippen molar-refractivity contribution in [2.45, 2.75) is 18.9 Å². The number of urea groups is 1. The molecule has 28 heavy (non-hydrogen) atoms. The molecule has 1 atom stereocenters. The van der Waals surface area contributed by atoms with Crippen molar-refractivity contribution in [3.63, 3.8) is 0 Å². The molecule has 0 aliphatic carbocycles. The van der Waals surface area contributed by atoms with E-state index in [1.165, 1.54) is 24.3 Å². The highest BCUT2D eigenvalue weighted by molar-refractivity contribution is 5.89. The number of non-ortho nitro benzene ring substituents is 1. The van der Waals surface area contributed by atoms with Crippen LogP contribution in [0.3, 0.4) is 0 Å². The van der Waals surface area contributed by atoms with Crippen LogP contribution < -0.4 is 5.32 Å². The summed E-state index contributed by atoms with van der Waals surface area (Å²) in [4.78, 5) is 29.0. The van der Waals surface area contributed by atoms with E-state index in [2.05, 4.69) is 15.5 Å². The predicted molar refractivity (Wildman–Crippen MR) is 101 cm³/mol. The molecule has 1 fully saturated rings. The van der Waals surface area contributed by atoms with Gasteiger partial charge in [-0.05, 0) is 25.0 Å². The van der Waals surface area contributed by atoms with E-state index >= 15 is 0 Å². The molecule has 2 amide bonds. The maximum atomic E-state index is 12.7. The first kappa shape index (κ1) is 17.7. The number of hydrogen-bond donors (Lipinski definition) is 1. The lowest BCUT2D eigenvalue weighted by atomic mass is 10.2. The van der Waals surface area contributed by atoms with Gasteiger partial charge in [-0.3, -0.25) is 10.1 Å². The number of rotatable bonds is 4. The van der Waals surface area contributed by atoms with Crippen LogP contribution in [0.1, 0.15) is 24.8 Å². The number of hydrogen-bond acceptors (Lipinski definition) is 6. The second-order valence-electron chi connectivity index (χ2n) is 6.41. The Balaban J connectivity index is 1.48. The van der Waals surface area contributed by atoms with Gasteiger partial charge in [-0.1, -0.05) is 35.5 Å². The third-order valence-corrected chi connectivity index (χ3v) is 4.60. The third kappa shape index (κ3) is 3.54. The molecule has 1 saturated heterocycles. The second kappa shape index (κ2) is 7.47. The highest BCUT2D eigenvalue weighted by Gasteiger charge is 2.34. The van der Waals surface area contributed by atoms with Gasteiger partial charge in [0.1, 0.15) is 6.04 Å². The van der Waals surface area contributed by atoms with Crippen molar-refractivity contribution < 1.29 is 14.2 Å². The van der Waals surface area contributed by atoms with Crippen LogP contribution in [-0.2, 0) is 0 Å². The van der Waals surface area contributed by atoms with Crippen LogP contribution in [-0.4, -0.2) is 32.5 Å². The monoisotopic (exact) mass is 379 g/mol. The van der Waals surface area contributed by atoms with E-state index in [1.807, 2.05) is 30.3 Å². The van der Waals surface area contributed by atoms with Crippen LogP contribution in [0.2, 0.25) is 0 Å². The van der Waals surface area contributed by atoms with E-state index in [0.29, 0.717) is 23.9 Å². The quantitative estimate of drug-likeness (QED) is 0.541. The molecule has 3 aromatic rings. The number of amides is 2. The molecule has 2 heterocycles. The van der Waals surface area contributed by atoms with Crippen LogP contribution in [0, 0.1) is 10.1 Å². The lowest BCUT2D eigenvalue weighted by molar-refractivity contribution is -0.384. The molecule has 0 bridgehead atoms. The zero-order chi connectivity index (χ0) is 19.5. The Bertz CT molecular complexity index is 987. The zero-order valence-corrected chi connectivity index (χ0v) is 14.8. The summed E-state index contributed by atoms with van der Waals surface area (Å²) in [7, 11) is 0. The Hall–Kier alpha value is -3.75. The number of nitrogens with zero attached hydrogens (tertiary/aromatic N) is 4. The molecule has 9 nitrogen and oxygen atoms in total. The molecule has 4 rings (SSSR count). The highest BCUT2D eigenvalue weighted by atomic mass is 16.6. The first-order valence-electron chi connectivity index (χ1n) is 8.83. The van der Waals surface area contributed by atoms with Crippen molar-refractivity contribution in [3.05, 3.63) is 70.6 Å². The maximum Gasteiger partial charge on any atom is 0.322 e. The molecule has 0 spiro atoms. The topological polar surface area (TPSA) is 114 Å². The summed E-state index contributed by atoms with van der Waals surface area (Å²) in [6, 6.07) is 14.6. The fraction of sp³-hybridized carbons (Fsp3) is 0.211. The minimum atomic E-state index is -0.484. The lowest BCUT2D eigenvalue weighted by Crippen LogP contribution is -2.34. The number of benzene rings is 2. The maximum absolute atomic E-state index is 12.7. The molecule has 1 N–H and O–H groups in total. The smallest absolute Gasteiger partial charge is 0.322 e. The molecule has 0 unspecified atom stereocenters. The zero-order valence-electron chi connectivity index (χ0n) is 14.8. The van der Waals surface area contributed by atoms with Gasteiger partial charge in [-0.25, -0.2) is 4.79 Å². The van der Waals surface area contributed by atoms with Gasteiger partial charge in [-0.2, -0.15) is 4.98 Å². The average Bonchev–Trinajstić information content (AvgIpc) is 3.38. The molecule has 1 aliphatic rings. The van der Waals surface area contributed by atoms with Crippen molar-refractivity contribution >= 4 is 17.4 Å². The summed E-state index contributed by atoms with van der Waals surface area (Å²) < 4.78 is 5.42. The van der Waals surface area contributed by atoms with Crippen molar-refractivity contribution in [2.75, 3.05) is 11.9 Å². The van der Waals surface area contributed by atoms with E-state index in [-0.39, 0.29) is 17.8 Å². The lowest BCUT2D eigenvalue weighted by Gasteiger charge is -2.22. The Labute approximate surface area is 160 Å². The fourth-order valence-electron chi connectivity index (χ4n) is 3.20. The first-order valence-corrected chi connectivity index (χ1v) is 8.83. The standard InChI is InChI=1S/C19H17N5O4/c25-19(20-14-8-10-15(11-9-14)24(26)27)23-12-4-7-16(23)18-21-17(22-28-18)13-5-2-1-3-6-13/h1-3,5-6,8-11,16H,4,7,12H2,(H,20,25)/t16-/m0/s1. The van der Waals surface area contributed by atoms with E-state index in [9.17, 15) is 14.9 Å². The molecule has 142 valence electrons. The summed E-state index contributed by atoms with van der Waals surface area (Å²) in [5.41, 5.74) is 1.30. The van der Waals surface area contributed by atoms with Crippen molar-refractivity contribution in [3.8, 4) is 11.4 Å². The molecular formula is C19H17N5O4. The molecule has 0 radical (unpaired) electrons. The SMILES string of the molecule is O=C(Nc1ccc([N+](=O)[O-])cc1)N1CCC[C@H]1c1nc(-c2ccccc2)no1. The van der Waals surface area contributed by atoms with Crippen molar-refractivity contribution in [1.29, 1.82) is 0 Å². The third-order valence-electron chi connectivity index (χ3n) is 4.60. The summed E-state index contributed by atoms with van der Waals surface area (Å²) in [6.45, 7) is 0.562. The number of nitro benzene ring substituents is 1. The summed E-state index contributed by atoms with van der Waals surface area (Å²) in [5.74, 6) is 0.883. The van der Waals surface area contributed by atoms with Gasteiger partial charge in [0.25, 0.3) is 5.69 Å². The number of carbonyl (C=O) groups excluding carboxylic acids is 1. The molecular weight excluding hydrogens is 362 g/mol. The van der Waals surface area contributed by atoms with Gasteiger partial charge in [0, 0.05) is 29.9 Å². The molecule has 9 heteroatoms. The van der Waals surface area contributed by atoms with Crippen LogP contribution in [0.5, 0.6) is 0 Å². The van der Waals surface area contributed by atoms with E-state index < -0.39 is 4.92 Å². The van der Waals surface area contributed by atoms with E-state index in [1.54, 1.807) is 4.90 Å². The predicted octanol–water partition coefficient (Wildman–Crippen LogP) is 4.01. The van der Waals surface area contributed by atoms with E-state index in [0.717, 1.165) is 18.4 Å². The fourth-order valence-corrected chi connectivity index (χ4v) is 3.20. The molecule has 1 aromatic heterocycles. The summed E-state index contributed by atoms with van der Waals surface area (Å²) in [5, 5.41) is 17.5. The van der Waals surface area contributed by atoms with Gasteiger partial charge in [-0.15, -0.1) is 0 Å². The largest absolute Gasteiger partial charge is 0.337 e. The number of anilines is 1. The highest BCUT2D eigenvalue weighted by Crippen LogP contribution is 2.32. The minimum Gasteiger partial charge on any atom is -0.337 e. The Kier molecular flexibility index (Phi) is 4.71. The number of nitro groups is 1. The first-order chi connectivity index (χ1) is 13.6.